The molecular formula is C15H13FN2O4. The first-order valence-corrected chi connectivity index (χ1v) is 6.42. The van der Waals surface area contributed by atoms with E-state index in [0.29, 0.717) is 4.73 Å². The fourth-order valence-electron chi connectivity index (χ4n) is 1.63. The number of carbonyl (C=O) groups excluding carboxylic acids is 2. The molecular weight excluding hydrogens is 291 g/mol. The number of para-hydroxylation sites is 1. The number of carbonyl (C=O) groups is 2. The number of anilines is 1. The van der Waals surface area contributed by atoms with Crippen LogP contribution in [0.4, 0.5) is 10.1 Å². The summed E-state index contributed by atoms with van der Waals surface area (Å²) >= 11 is 0. The Balaban J connectivity index is 1.98. The van der Waals surface area contributed by atoms with Crippen LogP contribution in [0.3, 0.4) is 0 Å². The van der Waals surface area contributed by atoms with Crippen molar-refractivity contribution in [2.24, 2.45) is 0 Å². The Hall–Kier alpha value is -2.96. The van der Waals surface area contributed by atoms with Crippen LogP contribution in [-0.4, -0.2) is 18.0 Å². The minimum absolute atomic E-state index is 0.00232. The van der Waals surface area contributed by atoms with E-state index in [9.17, 15) is 19.2 Å². The summed E-state index contributed by atoms with van der Waals surface area (Å²) in [6, 6.07) is 8.21. The van der Waals surface area contributed by atoms with Gasteiger partial charge in [0.15, 0.2) is 18.5 Å². The monoisotopic (exact) mass is 304 g/mol. The van der Waals surface area contributed by atoms with Crippen LogP contribution >= 0.6 is 0 Å². The third-order valence-corrected chi connectivity index (χ3v) is 2.82. The summed E-state index contributed by atoms with van der Waals surface area (Å²) < 4.78 is 18.9. The van der Waals surface area contributed by atoms with Gasteiger partial charge in [0.05, 0.1) is 11.3 Å². The van der Waals surface area contributed by atoms with E-state index >= 15 is 0 Å². The van der Waals surface area contributed by atoms with Crippen LogP contribution in [0.25, 0.3) is 0 Å². The maximum atomic E-state index is 13.4. The van der Waals surface area contributed by atoms with E-state index in [0.717, 1.165) is 12.4 Å². The van der Waals surface area contributed by atoms with Crippen LogP contribution < -0.4 is 10.0 Å². The molecule has 2 rings (SSSR count). The number of pyridine rings is 1. The molecule has 0 radical (unpaired) electrons. The van der Waals surface area contributed by atoms with Crippen LogP contribution in [-0.2, 0) is 9.53 Å². The highest BCUT2D eigenvalue weighted by atomic mass is 19.1. The van der Waals surface area contributed by atoms with Crippen LogP contribution in [0.1, 0.15) is 17.3 Å². The molecule has 6 nitrogen and oxygen atoms in total. The van der Waals surface area contributed by atoms with Gasteiger partial charge in [-0.05, 0) is 19.1 Å². The van der Waals surface area contributed by atoms with Gasteiger partial charge in [-0.3, -0.25) is 4.79 Å². The Morgan fingerprint density at radius 3 is 2.50 bits per heavy atom. The Morgan fingerprint density at radius 2 is 1.86 bits per heavy atom. The molecule has 7 heteroatoms. The number of benzene rings is 1. The molecule has 0 fully saturated rings. The van der Waals surface area contributed by atoms with Crippen molar-refractivity contribution in [1.82, 2.24) is 0 Å². The minimum Gasteiger partial charge on any atom is -0.619 e. The Labute approximate surface area is 125 Å². The van der Waals surface area contributed by atoms with Gasteiger partial charge in [-0.1, -0.05) is 12.1 Å². The van der Waals surface area contributed by atoms with Gasteiger partial charge >= 0.3 is 5.97 Å². The van der Waals surface area contributed by atoms with E-state index in [4.69, 9.17) is 4.74 Å². The summed E-state index contributed by atoms with van der Waals surface area (Å²) in [5.74, 6) is -2.00. The molecule has 0 aliphatic rings. The Kier molecular flexibility index (Phi) is 4.67. The fourth-order valence-corrected chi connectivity index (χ4v) is 1.63. The molecule has 0 saturated carbocycles. The third-order valence-electron chi connectivity index (χ3n) is 2.82. The van der Waals surface area contributed by atoms with Crippen molar-refractivity contribution < 1.29 is 23.4 Å². The van der Waals surface area contributed by atoms with E-state index in [-0.39, 0.29) is 11.3 Å². The Morgan fingerprint density at radius 1 is 1.23 bits per heavy atom. The molecule has 0 saturated heterocycles. The molecule has 1 aromatic heterocycles. The molecule has 2 aromatic rings. The fraction of sp³-hybridized carbons (Fsp3) is 0.133. The average molecular weight is 304 g/mol. The number of nitrogens with zero attached hydrogens (tertiary/aromatic N) is 1. The van der Waals surface area contributed by atoms with Crippen LogP contribution in [0.15, 0.2) is 48.8 Å². The lowest BCUT2D eigenvalue weighted by Gasteiger charge is -2.13. The molecule has 0 spiro atoms. The zero-order valence-electron chi connectivity index (χ0n) is 11.7. The van der Waals surface area contributed by atoms with E-state index in [2.05, 4.69) is 5.32 Å². The molecule has 1 amide bonds. The summed E-state index contributed by atoms with van der Waals surface area (Å²) in [5, 5.41) is 13.2. The number of nitrogens with one attached hydrogen (secondary N) is 1. The summed E-state index contributed by atoms with van der Waals surface area (Å²) in [5.41, 5.74) is 0.139. The largest absolute Gasteiger partial charge is 0.619 e. The highest BCUT2D eigenvalue weighted by Crippen LogP contribution is 2.13. The first kappa shape index (κ1) is 15.4. The lowest BCUT2D eigenvalue weighted by molar-refractivity contribution is -0.605. The van der Waals surface area contributed by atoms with E-state index in [1.165, 1.54) is 37.3 Å². The quantitative estimate of drug-likeness (QED) is 0.529. The molecule has 1 atom stereocenters. The van der Waals surface area contributed by atoms with Crippen molar-refractivity contribution in [2.45, 2.75) is 13.0 Å². The second-order valence-electron chi connectivity index (χ2n) is 4.46. The maximum Gasteiger partial charge on any atom is 0.339 e. The van der Waals surface area contributed by atoms with Crippen LogP contribution in [0.2, 0.25) is 0 Å². The summed E-state index contributed by atoms with van der Waals surface area (Å²) in [7, 11) is 0. The molecule has 0 aliphatic carbocycles. The number of amides is 1. The molecule has 1 heterocycles. The van der Waals surface area contributed by atoms with Crippen molar-refractivity contribution in [1.29, 1.82) is 0 Å². The first-order valence-electron chi connectivity index (χ1n) is 6.42. The second kappa shape index (κ2) is 6.66. The van der Waals surface area contributed by atoms with Crippen molar-refractivity contribution in [3.05, 3.63) is 65.4 Å². The van der Waals surface area contributed by atoms with Gasteiger partial charge in [0.1, 0.15) is 5.82 Å². The average Bonchev–Trinajstić information content (AvgIpc) is 2.50. The number of aromatic nitrogens is 1. The van der Waals surface area contributed by atoms with Gasteiger partial charge in [-0.25, -0.2) is 9.18 Å². The molecule has 1 N–H and O–H groups in total. The molecule has 1 aromatic carbocycles. The number of halogens is 1. The molecule has 0 aliphatic heterocycles. The number of rotatable bonds is 4. The second-order valence-corrected chi connectivity index (χ2v) is 4.46. The first-order chi connectivity index (χ1) is 10.5. The molecule has 114 valence electrons. The Bertz CT molecular complexity index is 688. The molecule has 0 bridgehead atoms. The van der Waals surface area contributed by atoms with E-state index in [1.807, 2.05) is 0 Å². The highest BCUT2D eigenvalue weighted by Gasteiger charge is 2.20. The highest BCUT2D eigenvalue weighted by molar-refractivity contribution is 5.97. The van der Waals surface area contributed by atoms with Gasteiger partial charge in [-0.15, -0.1) is 0 Å². The number of hydrogen-bond donors (Lipinski definition) is 1. The standard InChI is InChI=1S/C15H13FN2O4/c1-10(14(19)17-13-5-3-2-4-12(13)16)22-15(20)11-6-8-18(21)9-7-11/h2-10H,1H3,(H,17,19)/t10-/m0/s1. The van der Waals surface area contributed by atoms with E-state index < -0.39 is 23.8 Å². The number of hydrogen-bond acceptors (Lipinski definition) is 4. The zero-order valence-corrected chi connectivity index (χ0v) is 11.7. The normalized spacial score (nSPS) is 11.5. The van der Waals surface area contributed by atoms with E-state index in [1.54, 1.807) is 6.07 Å². The van der Waals surface area contributed by atoms with Crippen molar-refractivity contribution in [2.75, 3.05) is 5.32 Å². The van der Waals surface area contributed by atoms with Gasteiger partial charge in [-0.2, -0.15) is 4.73 Å². The summed E-state index contributed by atoms with van der Waals surface area (Å²) in [4.78, 5) is 23.7. The predicted octanol–water partition coefficient (Wildman–Crippen LogP) is 1.64. The van der Waals surface area contributed by atoms with Gasteiger partial charge in [0.25, 0.3) is 5.91 Å². The number of esters is 1. The van der Waals surface area contributed by atoms with Crippen molar-refractivity contribution >= 4 is 17.6 Å². The minimum atomic E-state index is -1.12. The zero-order chi connectivity index (χ0) is 16.1. The molecule has 0 unspecified atom stereocenters. The van der Waals surface area contributed by atoms with Gasteiger partial charge < -0.3 is 15.3 Å². The lowest BCUT2D eigenvalue weighted by Crippen LogP contribution is -2.31. The smallest absolute Gasteiger partial charge is 0.339 e. The molecule has 22 heavy (non-hydrogen) atoms. The topological polar surface area (TPSA) is 82.3 Å². The summed E-state index contributed by atoms with van der Waals surface area (Å²) in [6.45, 7) is 1.37. The SMILES string of the molecule is C[C@H](OC(=O)c1cc[n+]([O-])cc1)C(=O)Nc1ccccc1F. The van der Waals surface area contributed by atoms with Gasteiger partial charge in [0.2, 0.25) is 0 Å². The summed E-state index contributed by atoms with van der Waals surface area (Å²) in [6.07, 6.45) is 1.16. The predicted molar refractivity (Wildman–Crippen MR) is 75.3 cm³/mol. The third kappa shape index (κ3) is 3.78. The lowest BCUT2D eigenvalue weighted by atomic mass is 10.2. The number of ether oxygens (including phenoxy) is 1. The van der Waals surface area contributed by atoms with Gasteiger partial charge in [0, 0.05) is 12.1 Å². The van der Waals surface area contributed by atoms with Crippen molar-refractivity contribution in [3.63, 3.8) is 0 Å². The van der Waals surface area contributed by atoms with Crippen LogP contribution in [0.5, 0.6) is 0 Å². The van der Waals surface area contributed by atoms with Crippen LogP contribution in [0, 0.1) is 11.0 Å². The van der Waals surface area contributed by atoms with Crippen molar-refractivity contribution in [3.8, 4) is 0 Å². The maximum absolute atomic E-state index is 13.4.